The summed E-state index contributed by atoms with van der Waals surface area (Å²) in [6.45, 7) is 0. The van der Waals surface area contributed by atoms with Gasteiger partial charge in [0.2, 0.25) is 0 Å². The Morgan fingerprint density at radius 3 is 1.69 bits per heavy atom. The molecule has 0 saturated carbocycles. The number of rotatable bonds is 3. The highest BCUT2D eigenvalue weighted by atomic mass is 15.1. The van der Waals surface area contributed by atoms with Crippen LogP contribution in [0.25, 0.3) is 55.3 Å². The van der Waals surface area contributed by atoms with E-state index in [9.17, 15) is 0 Å². The van der Waals surface area contributed by atoms with Gasteiger partial charge in [0.15, 0.2) is 0 Å². The van der Waals surface area contributed by atoms with Gasteiger partial charge >= 0.3 is 0 Å². The topological polar surface area (TPSA) is 35.9 Å². The molecule has 0 saturated heterocycles. The van der Waals surface area contributed by atoms with Crippen LogP contribution in [0.5, 0.6) is 0 Å². The van der Waals surface area contributed by atoms with Crippen molar-refractivity contribution in [1.82, 2.24) is 9.13 Å². The second kappa shape index (κ2) is 7.64. The average molecular weight is 450 g/mol. The molecule has 0 radical (unpaired) electrons. The molecule has 5 aromatic carbocycles. The summed E-state index contributed by atoms with van der Waals surface area (Å²) in [5, 5.41) is 2.43. The van der Waals surface area contributed by atoms with E-state index in [2.05, 4.69) is 118 Å². The number of nitrogens with zero attached hydrogens (tertiary/aromatic N) is 2. The zero-order valence-corrected chi connectivity index (χ0v) is 19.1. The van der Waals surface area contributed by atoms with E-state index in [0.29, 0.717) is 0 Å². The fourth-order valence-electron chi connectivity index (χ4n) is 5.36. The molecule has 35 heavy (non-hydrogen) atoms. The largest absolute Gasteiger partial charge is 0.398 e. The lowest BCUT2D eigenvalue weighted by Crippen LogP contribution is -1.94. The van der Waals surface area contributed by atoms with Gasteiger partial charge in [-0.3, -0.25) is 0 Å². The summed E-state index contributed by atoms with van der Waals surface area (Å²) in [4.78, 5) is 0. The minimum absolute atomic E-state index is 0.786. The number of nitrogen functional groups attached to an aromatic ring is 1. The quantitative estimate of drug-likeness (QED) is 0.273. The fourth-order valence-corrected chi connectivity index (χ4v) is 5.36. The predicted octanol–water partition coefficient (Wildman–Crippen LogP) is 7.98. The number of hydrogen-bond donors (Lipinski definition) is 1. The third-order valence-corrected chi connectivity index (χ3v) is 6.86. The molecular formula is C32H23N3. The van der Waals surface area contributed by atoms with Crippen molar-refractivity contribution in [3.05, 3.63) is 127 Å². The zero-order valence-electron chi connectivity index (χ0n) is 19.1. The Bertz CT molecular complexity index is 1800. The van der Waals surface area contributed by atoms with Gasteiger partial charge in [-0.05, 0) is 54.1 Å². The number of fused-ring (bicyclic) bond motifs is 5. The number of nitrogens with two attached hydrogens (primary N) is 1. The first-order valence-corrected chi connectivity index (χ1v) is 11.8. The second-order valence-electron chi connectivity index (χ2n) is 8.88. The molecule has 0 aliphatic heterocycles. The molecule has 2 N–H and O–H groups in total. The van der Waals surface area contributed by atoms with Crippen LogP contribution >= 0.6 is 0 Å². The van der Waals surface area contributed by atoms with Gasteiger partial charge < -0.3 is 14.9 Å². The van der Waals surface area contributed by atoms with Crippen LogP contribution in [0.3, 0.4) is 0 Å². The van der Waals surface area contributed by atoms with Crippen LogP contribution in [0.15, 0.2) is 127 Å². The summed E-state index contributed by atoms with van der Waals surface area (Å²) in [5.74, 6) is 0. The number of anilines is 1. The van der Waals surface area contributed by atoms with Crippen LogP contribution in [0, 0.1) is 0 Å². The first-order chi connectivity index (χ1) is 17.3. The summed E-state index contributed by atoms with van der Waals surface area (Å²) in [6, 6.07) is 44.7. The number of para-hydroxylation sites is 4. The summed E-state index contributed by atoms with van der Waals surface area (Å²) in [7, 11) is 0. The third-order valence-electron chi connectivity index (χ3n) is 6.86. The number of hydrogen-bond acceptors (Lipinski definition) is 1. The van der Waals surface area contributed by atoms with Gasteiger partial charge in [-0.2, -0.15) is 0 Å². The van der Waals surface area contributed by atoms with Crippen molar-refractivity contribution in [3.8, 4) is 22.5 Å². The minimum atomic E-state index is 0.786. The molecule has 3 heteroatoms. The standard InChI is InChI=1S/C32H23N3/c33-28-17-9-7-15-25(28)22-19-20-30-27(21-22)32-31(35(30)24-13-5-2-6-14-24)26-16-8-10-18-29(26)34(32)23-11-3-1-4-12-23/h1-21H,33H2. The predicted molar refractivity (Wildman–Crippen MR) is 147 cm³/mol. The maximum absolute atomic E-state index is 6.38. The third kappa shape index (κ3) is 2.92. The van der Waals surface area contributed by atoms with E-state index in [1.165, 1.54) is 32.8 Å². The van der Waals surface area contributed by atoms with Crippen molar-refractivity contribution in [1.29, 1.82) is 0 Å². The lowest BCUT2D eigenvalue weighted by Gasteiger charge is -2.10. The SMILES string of the molecule is Nc1ccccc1-c1ccc2c(c1)c1c(c3ccccc3n1-c1ccccc1)n2-c1ccccc1. The molecule has 2 aromatic heterocycles. The molecule has 2 heterocycles. The first-order valence-electron chi connectivity index (χ1n) is 11.8. The Morgan fingerprint density at radius 1 is 0.457 bits per heavy atom. The van der Waals surface area contributed by atoms with Crippen molar-refractivity contribution >= 4 is 38.5 Å². The van der Waals surface area contributed by atoms with Crippen molar-refractivity contribution in [2.75, 3.05) is 5.73 Å². The van der Waals surface area contributed by atoms with Gasteiger partial charge in [0, 0.05) is 33.4 Å². The van der Waals surface area contributed by atoms with Crippen LogP contribution in [-0.4, -0.2) is 9.13 Å². The molecule has 0 bridgehead atoms. The molecular weight excluding hydrogens is 426 g/mol. The first kappa shape index (κ1) is 19.7. The van der Waals surface area contributed by atoms with Crippen LogP contribution in [0.1, 0.15) is 0 Å². The summed E-state index contributed by atoms with van der Waals surface area (Å²) in [6.07, 6.45) is 0. The zero-order chi connectivity index (χ0) is 23.4. The smallest absolute Gasteiger partial charge is 0.0804 e. The number of benzene rings is 5. The van der Waals surface area contributed by atoms with E-state index < -0.39 is 0 Å². The lowest BCUT2D eigenvalue weighted by atomic mass is 10.0. The second-order valence-corrected chi connectivity index (χ2v) is 8.88. The number of aromatic nitrogens is 2. The van der Waals surface area contributed by atoms with Gasteiger partial charge in [-0.1, -0.05) is 78.9 Å². The van der Waals surface area contributed by atoms with E-state index in [4.69, 9.17) is 5.73 Å². The Labute approximate surface area is 203 Å². The maximum atomic E-state index is 6.38. The Balaban J connectivity index is 1.70. The minimum Gasteiger partial charge on any atom is -0.398 e. The monoisotopic (exact) mass is 449 g/mol. The maximum Gasteiger partial charge on any atom is 0.0804 e. The van der Waals surface area contributed by atoms with Gasteiger partial charge in [-0.15, -0.1) is 0 Å². The highest BCUT2D eigenvalue weighted by Crippen LogP contribution is 2.42. The van der Waals surface area contributed by atoms with Crippen molar-refractivity contribution in [3.63, 3.8) is 0 Å². The summed E-state index contributed by atoms with van der Waals surface area (Å²) >= 11 is 0. The molecule has 0 unspecified atom stereocenters. The molecule has 0 aliphatic rings. The van der Waals surface area contributed by atoms with E-state index >= 15 is 0 Å². The molecule has 166 valence electrons. The average Bonchev–Trinajstić information content (AvgIpc) is 3.42. The fraction of sp³-hybridized carbons (Fsp3) is 0. The molecule has 0 aliphatic carbocycles. The normalized spacial score (nSPS) is 11.5. The molecule has 0 amide bonds. The highest BCUT2D eigenvalue weighted by Gasteiger charge is 2.22. The molecule has 3 nitrogen and oxygen atoms in total. The molecule has 7 aromatic rings. The van der Waals surface area contributed by atoms with Gasteiger partial charge in [0.05, 0.1) is 22.1 Å². The van der Waals surface area contributed by atoms with E-state index in [1.807, 2.05) is 18.2 Å². The van der Waals surface area contributed by atoms with E-state index in [0.717, 1.165) is 28.2 Å². The van der Waals surface area contributed by atoms with Crippen molar-refractivity contribution in [2.45, 2.75) is 0 Å². The Morgan fingerprint density at radius 2 is 1.00 bits per heavy atom. The van der Waals surface area contributed by atoms with Gasteiger partial charge in [0.25, 0.3) is 0 Å². The van der Waals surface area contributed by atoms with Crippen molar-refractivity contribution in [2.24, 2.45) is 0 Å². The lowest BCUT2D eigenvalue weighted by molar-refractivity contribution is 1.17. The van der Waals surface area contributed by atoms with Crippen LogP contribution < -0.4 is 5.73 Å². The van der Waals surface area contributed by atoms with Crippen molar-refractivity contribution < 1.29 is 0 Å². The summed E-state index contributed by atoms with van der Waals surface area (Å²) in [5.41, 5.74) is 16.4. The summed E-state index contributed by atoms with van der Waals surface area (Å²) < 4.78 is 4.79. The van der Waals surface area contributed by atoms with Gasteiger partial charge in [-0.25, -0.2) is 0 Å². The molecule has 7 rings (SSSR count). The highest BCUT2D eigenvalue weighted by molar-refractivity contribution is 6.20. The van der Waals surface area contributed by atoms with E-state index in [-0.39, 0.29) is 0 Å². The van der Waals surface area contributed by atoms with Crippen LogP contribution in [0.2, 0.25) is 0 Å². The van der Waals surface area contributed by atoms with Gasteiger partial charge in [0.1, 0.15) is 0 Å². The molecule has 0 spiro atoms. The molecule has 0 atom stereocenters. The molecule has 0 fully saturated rings. The Hall–Kier alpha value is -4.76. The van der Waals surface area contributed by atoms with E-state index in [1.54, 1.807) is 0 Å². The Kier molecular flexibility index (Phi) is 4.30. The van der Waals surface area contributed by atoms with Crippen LogP contribution in [-0.2, 0) is 0 Å². The van der Waals surface area contributed by atoms with Crippen LogP contribution in [0.4, 0.5) is 5.69 Å².